The Labute approximate surface area is 130 Å². The molecule has 1 atom stereocenters. The van der Waals surface area contributed by atoms with Gasteiger partial charge >= 0.3 is 0 Å². The van der Waals surface area contributed by atoms with E-state index in [1.54, 1.807) is 0 Å². The van der Waals surface area contributed by atoms with Crippen LogP contribution in [0.2, 0.25) is 0 Å². The van der Waals surface area contributed by atoms with E-state index in [4.69, 9.17) is 0 Å². The van der Waals surface area contributed by atoms with Gasteiger partial charge in [-0.15, -0.1) is 12.4 Å². The molecule has 1 aliphatic rings. The Morgan fingerprint density at radius 3 is 2.52 bits per heavy atom. The van der Waals surface area contributed by atoms with Gasteiger partial charge < -0.3 is 5.32 Å². The second-order valence-corrected chi connectivity index (χ2v) is 8.54. The van der Waals surface area contributed by atoms with E-state index in [-0.39, 0.29) is 28.2 Å². The van der Waals surface area contributed by atoms with Gasteiger partial charge in [0.05, 0.1) is 0 Å². The molecule has 0 aliphatic carbocycles. The molecule has 0 radical (unpaired) electrons. The molecular weight excluding hydrogens is 338 g/mol. The Morgan fingerprint density at radius 2 is 2.05 bits per heavy atom. The first-order chi connectivity index (χ1) is 9.29. The summed E-state index contributed by atoms with van der Waals surface area (Å²) >= 11 is 0. The number of pyridine rings is 1. The average molecular weight is 356 g/mol. The van der Waals surface area contributed by atoms with Crippen molar-refractivity contribution in [2.24, 2.45) is 5.92 Å². The van der Waals surface area contributed by atoms with Crippen molar-refractivity contribution in [3.05, 3.63) is 18.3 Å². The fraction of sp³-hybridized carbons (Fsp3) is 0.545. The topological polar surface area (TPSA) is 105 Å². The number of halogens is 1. The molecule has 2 heterocycles. The molecule has 1 saturated heterocycles. The number of hydrogen-bond acceptors (Lipinski definition) is 6. The smallest absolute Gasteiger partial charge is 0.242 e. The minimum atomic E-state index is -3.65. The van der Waals surface area contributed by atoms with Crippen LogP contribution in [-0.4, -0.2) is 47.7 Å². The van der Waals surface area contributed by atoms with Gasteiger partial charge in [0.25, 0.3) is 0 Å². The minimum Gasteiger partial charge on any atom is -0.316 e. The van der Waals surface area contributed by atoms with Gasteiger partial charge in [-0.2, -0.15) is 0 Å². The third kappa shape index (κ3) is 4.89. The molecule has 0 aromatic carbocycles. The summed E-state index contributed by atoms with van der Waals surface area (Å²) in [5.74, 6) is 0.285. The van der Waals surface area contributed by atoms with E-state index in [9.17, 15) is 16.8 Å². The Balaban J connectivity index is 0.00000220. The summed E-state index contributed by atoms with van der Waals surface area (Å²) in [5.41, 5.74) is 0. The van der Waals surface area contributed by atoms with E-state index in [2.05, 4.69) is 15.0 Å². The standard InChI is InChI=1S/C11H17N3O4S2.ClH/c1-19(15,16)11-3-2-10(8-13-11)20(17,18)14-7-9-4-5-12-6-9;/h2-3,8-9,12,14H,4-7H2,1H3;1H. The van der Waals surface area contributed by atoms with E-state index in [0.717, 1.165) is 32.0 Å². The van der Waals surface area contributed by atoms with Gasteiger partial charge in [-0.1, -0.05) is 0 Å². The maximum absolute atomic E-state index is 12.0. The zero-order valence-electron chi connectivity index (χ0n) is 11.4. The molecule has 1 unspecified atom stereocenters. The molecule has 1 aromatic rings. The van der Waals surface area contributed by atoms with Crippen LogP contribution in [0.25, 0.3) is 0 Å². The van der Waals surface area contributed by atoms with E-state index in [0.29, 0.717) is 6.54 Å². The number of sulfonamides is 1. The molecule has 10 heteroatoms. The third-order valence-corrected chi connectivity index (χ3v) is 5.53. The molecule has 7 nitrogen and oxygen atoms in total. The summed E-state index contributed by atoms with van der Waals surface area (Å²) in [7, 11) is -7.07. The third-order valence-electron chi connectivity index (χ3n) is 3.12. The van der Waals surface area contributed by atoms with Crippen molar-refractivity contribution in [3.63, 3.8) is 0 Å². The van der Waals surface area contributed by atoms with E-state index in [1.165, 1.54) is 12.1 Å². The molecule has 1 aromatic heterocycles. The molecular formula is C11H18ClN3O4S2. The summed E-state index contributed by atoms with van der Waals surface area (Å²) < 4.78 is 49.1. The quantitative estimate of drug-likeness (QED) is 0.757. The van der Waals surface area contributed by atoms with Crippen LogP contribution in [0.5, 0.6) is 0 Å². The molecule has 2 N–H and O–H groups in total. The summed E-state index contributed by atoms with van der Waals surface area (Å²) in [6.45, 7) is 2.06. The van der Waals surface area contributed by atoms with Crippen molar-refractivity contribution in [3.8, 4) is 0 Å². The molecule has 120 valence electrons. The predicted molar refractivity (Wildman–Crippen MR) is 80.8 cm³/mol. The van der Waals surface area contributed by atoms with Crippen LogP contribution in [0.3, 0.4) is 0 Å². The number of aromatic nitrogens is 1. The number of hydrogen-bond donors (Lipinski definition) is 2. The molecule has 0 spiro atoms. The van der Waals surface area contributed by atoms with Crippen LogP contribution in [0, 0.1) is 5.92 Å². The number of rotatable bonds is 5. The van der Waals surface area contributed by atoms with Gasteiger partial charge in [-0.25, -0.2) is 26.5 Å². The van der Waals surface area contributed by atoms with Crippen LogP contribution >= 0.6 is 12.4 Å². The molecule has 2 rings (SSSR count). The van der Waals surface area contributed by atoms with Crippen molar-refractivity contribution in [2.45, 2.75) is 16.3 Å². The number of nitrogens with zero attached hydrogens (tertiary/aromatic N) is 1. The van der Waals surface area contributed by atoms with Gasteiger partial charge in [-0.05, 0) is 37.6 Å². The highest BCUT2D eigenvalue weighted by atomic mass is 35.5. The van der Waals surface area contributed by atoms with Crippen LogP contribution in [-0.2, 0) is 19.9 Å². The number of sulfone groups is 1. The summed E-state index contributed by atoms with van der Waals surface area (Å²) in [5, 5.41) is 3.02. The fourth-order valence-electron chi connectivity index (χ4n) is 1.94. The summed E-state index contributed by atoms with van der Waals surface area (Å²) in [4.78, 5) is 3.64. The fourth-order valence-corrected chi connectivity index (χ4v) is 3.56. The van der Waals surface area contributed by atoms with E-state index in [1.807, 2.05) is 0 Å². The van der Waals surface area contributed by atoms with E-state index >= 15 is 0 Å². The molecule has 1 fully saturated rings. The van der Waals surface area contributed by atoms with E-state index < -0.39 is 19.9 Å². The maximum Gasteiger partial charge on any atom is 0.242 e. The zero-order valence-corrected chi connectivity index (χ0v) is 13.9. The minimum absolute atomic E-state index is 0. The van der Waals surface area contributed by atoms with Crippen LogP contribution in [0.1, 0.15) is 6.42 Å². The summed E-state index contributed by atoms with van der Waals surface area (Å²) in [6, 6.07) is 2.44. The highest BCUT2D eigenvalue weighted by Crippen LogP contribution is 2.12. The summed E-state index contributed by atoms with van der Waals surface area (Å²) in [6.07, 6.45) is 3.02. The van der Waals surface area contributed by atoms with Gasteiger partial charge in [-0.3, -0.25) is 0 Å². The zero-order chi connectivity index (χ0) is 14.8. The normalized spacial score (nSPS) is 19.2. The highest BCUT2D eigenvalue weighted by Gasteiger charge is 2.20. The highest BCUT2D eigenvalue weighted by molar-refractivity contribution is 7.90. The van der Waals surface area contributed by atoms with Crippen LogP contribution in [0.15, 0.2) is 28.3 Å². The predicted octanol–water partition coefficient (Wildman–Crippen LogP) is -0.205. The lowest BCUT2D eigenvalue weighted by Gasteiger charge is -2.10. The van der Waals surface area contributed by atoms with Crippen molar-refractivity contribution in [1.29, 1.82) is 0 Å². The second-order valence-electron chi connectivity index (χ2n) is 4.82. The van der Waals surface area contributed by atoms with Crippen molar-refractivity contribution < 1.29 is 16.8 Å². The Hall–Kier alpha value is -0.740. The van der Waals surface area contributed by atoms with Gasteiger partial charge in [0, 0.05) is 19.0 Å². The molecule has 0 saturated carbocycles. The number of nitrogens with one attached hydrogen (secondary N) is 2. The lowest BCUT2D eigenvalue weighted by Crippen LogP contribution is -2.30. The molecule has 0 bridgehead atoms. The van der Waals surface area contributed by atoms with Gasteiger partial charge in [0.1, 0.15) is 4.90 Å². The first-order valence-corrected chi connectivity index (χ1v) is 9.53. The first kappa shape index (κ1) is 18.3. The monoisotopic (exact) mass is 355 g/mol. The van der Waals surface area contributed by atoms with Gasteiger partial charge in [0.15, 0.2) is 14.9 Å². The average Bonchev–Trinajstić information content (AvgIpc) is 2.89. The van der Waals surface area contributed by atoms with Crippen LogP contribution < -0.4 is 10.0 Å². The molecule has 1 aliphatic heterocycles. The Kier molecular flexibility index (Phi) is 6.11. The molecule has 21 heavy (non-hydrogen) atoms. The lowest BCUT2D eigenvalue weighted by molar-refractivity contribution is 0.538. The first-order valence-electron chi connectivity index (χ1n) is 6.15. The van der Waals surface area contributed by atoms with Crippen molar-refractivity contribution in [1.82, 2.24) is 15.0 Å². The second kappa shape index (κ2) is 7.01. The van der Waals surface area contributed by atoms with Crippen LogP contribution in [0.4, 0.5) is 0 Å². The maximum atomic E-state index is 12.0. The van der Waals surface area contributed by atoms with Gasteiger partial charge in [0.2, 0.25) is 10.0 Å². The van der Waals surface area contributed by atoms with Crippen molar-refractivity contribution >= 4 is 32.3 Å². The SMILES string of the molecule is CS(=O)(=O)c1ccc(S(=O)(=O)NCC2CCNC2)cn1.Cl. The Bertz CT molecular complexity index is 668. The van der Waals surface area contributed by atoms with Crippen molar-refractivity contribution in [2.75, 3.05) is 25.9 Å². The largest absolute Gasteiger partial charge is 0.316 e. The lowest BCUT2D eigenvalue weighted by atomic mass is 10.1. The molecule has 0 amide bonds. The Morgan fingerprint density at radius 1 is 1.33 bits per heavy atom.